The summed E-state index contributed by atoms with van der Waals surface area (Å²) >= 11 is 0. The van der Waals surface area contributed by atoms with Crippen LogP contribution in [0, 0.1) is 0 Å². The van der Waals surface area contributed by atoms with Crippen molar-refractivity contribution >= 4 is 5.91 Å². The van der Waals surface area contributed by atoms with E-state index in [0.29, 0.717) is 12.6 Å². The fraction of sp³-hybridized carbons (Fsp3) is 0.889. The summed E-state index contributed by atoms with van der Waals surface area (Å²) in [5.74, 6) is -0.0677. The molecule has 0 rings (SSSR count). The molecule has 0 aromatic rings. The Bertz CT molecular complexity index is 151. The van der Waals surface area contributed by atoms with Crippen molar-refractivity contribution in [1.29, 1.82) is 0 Å². The van der Waals surface area contributed by atoms with E-state index in [4.69, 9.17) is 5.11 Å². The van der Waals surface area contributed by atoms with Crippen molar-refractivity contribution in [1.82, 2.24) is 10.6 Å². The molecule has 0 radical (unpaired) electrons. The molecular formula is C9H20N2O2. The molecule has 0 aromatic heterocycles. The second kappa shape index (κ2) is 6.86. The second-order valence-electron chi connectivity index (χ2n) is 3.34. The molecule has 0 saturated heterocycles. The van der Waals surface area contributed by atoms with E-state index < -0.39 is 0 Å². The summed E-state index contributed by atoms with van der Waals surface area (Å²) in [6, 6.07) is 0.196. The molecule has 2 atom stereocenters. The van der Waals surface area contributed by atoms with Gasteiger partial charge in [-0.3, -0.25) is 4.79 Å². The zero-order valence-electron chi connectivity index (χ0n) is 8.63. The highest BCUT2D eigenvalue weighted by Crippen LogP contribution is 1.86. The minimum Gasteiger partial charge on any atom is -0.394 e. The molecule has 1 amide bonds. The van der Waals surface area contributed by atoms with Crippen LogP contribution in [-0.4, -0.2) is 36.2 Å². The Morgan fingerprint density at radius 1 is 1.38 bits per heavy atom. The molecule has 0 aromatic carbocycles. The van der Waals surface area contributed by atoms with E-state index in [0.717, 1.165) is 6.42 Å². The Hall–Kier alpha value is -0.610. The van der Waals surface area contributed by atoms with Crippen molar-refractivity contribution in [2.45, 2.75) is 39.3 Å². The molecule has 0 aliphatic rings. The van der Waals surface area contributed by atoms with Crippen molar-refractivity contribution in [3.63, 3.8) is 0 Å². The standard InChI is InChI=1S/C9H20N2O2/c1-4-7(2)10-5-9(13)11-8(3)6-12/h7-8,10,12H,4-6H2,1-3H3,(H,11,13). The highest BCUT2D eigenvalue weighted by atomic mass is 16.3. The quantitative estimate of drug-likeness (QED) is 0.544. The zero-order valence-corrected chi connectivity index (χ0v) is 8.63. The predicted molar refractivity (Wildman–Crippen MR) is 52.4 cm³/mol. The van der Waals surface area contributed by atoms with Gasteiger partial charge in [-0.2, -0.15) is 0 Å². The van der Waals surface area contributed by atoms with Crippen molar-refractivity contribution in [2.75, 3.05) is 13.2 Å². The van der Waals surface area contributed by atoms with E-state index in [9.17, 15) is 4.79 Å². The van der Waals surface area contributed by atoms with Gasteiger partial charge in [0.2, 0.25) is 5.91 Å². The molecule has 3 N–H and O–H groups in total. The Kier molecular flexibility index (Phi) is 6.54. The smallest absolute Gasteiger partial charge is 0.234 e. The van der Waals surface area contributed by atoms with E-state index in [1.807, 2.05) is 6.92 Å². The van der Waals surface area contributed by atoms with Gasteiger partial charge in [0.25, 0.3) is 0 Å². The van der Waals surface area contributed by atoms with Crippen LogP contribution >= 0.6 is 0 Å². The fourth-order valence-electron chi connectivity index (χ4n) is 0.783. The van der Waals surface area contributed by atoms with Crippen LogP contribution in [0.4, 0.5) is 0 Å². The number of hydrogen-bond donors (Lipinski definition) is 3. The molecule has 0 saturated carbocycles. The summed E-state index contributed by atoms with van der Waals surface area (Å²) in [7, 11) is 0. The summed E-state index contributed by atoms with van der Waals surface area (Å²) < 4.78 is 0. The number of carbonyl (C=O) groups excluding carboxylic acids is 1. The number of hydrogen-bond acceptors (Lipinski definition) is 3. The summed E-state index contributed by atoms with van der Waals surface area (Å²) in [6.07, 6.45) is 1.00. The van der Waals surface area contributed by atoms with Gasteiger partial charge in [0.1, 0.15) is 0 Å². The van der Waals surface area contributed by atoms with Gasteiger partial charge in [0.15, 0.2) is 0 Å². The molecule has 13 heavy (non-hydrogen) atoms. The first kappa shape index (κ1) is 12.4. The minimum atomic E-state index is -0.161. The summed E-state index contributed by atoms with van der Waals surface area (Å²) in [5.41, 5.74) is 0. The van der Waals surface area contributed by atoms with Gasteiger partial charge in [-0.1, -0.05) is 6.92 Å². The van der Waals surface area contributed by atoms with Gasteiger partial charge in [-0.25, -0.2) is 0 Å². The molecular weight excluding hydrogens is 168 g/mol. The Balaban J connectivity index is 3.51. The van der Waals surface area contributed by atoms with Gasteiger partial charge >= 0.3 is 0 Å². The van der Waals surface area contributed by atoms with Crippen LogP contribution in [0.5, 0.6) is 0 Å². The number of aliphatic hydroxyl groups excluding tert-OH is 1. The first-order chi connectivity index (χ1) is 6.10. The Morgan fingerprint density at radius 3 is 2.46 bits per heavy atom. The van der Waals surface area contributed by atoms with Crippen molar-refractivity contribution in [3.8, 4) is 0 Å². The Labute approximate surface area is 79.7 Å². The average Bonchev–Trinajstić information content (AvgIpc) is 2.13. The van der Waals surface area contributed by atoms with E-state index in [2.05, 4.69) is 17.6 Å². The van der Waals surface area contributed by atoms with E-state index >= 15 is 0 Å². The highest BCUT2D eigenvalue weighted by Gasteiger charge is 2.06. The molecule has 0 heterocycles. The number of carbonyl (C=O) groups is 1. The van der Waals surface area contributed by atoms with Crippen LogP contribution in [0.1, 0.15) is 27.2 Å². The number of nitrogens with one attached hydrogen (secondary N) is 2. The third kappa shape index (κ3) is 6.54. The van der Waals surface area contributed by atoms with Gasteiger partial charge < -0.3 is 15.7 Å². The highest BCUT2D eigenvalue weighted by molar-refractivity contribution is 5.78. The Morgan fingerprint density at radius 2 is 2.00 bits per heavy atom. The van der Waals surface area contributed by atoms with Crippen LogP contribution < -0.4 is 10.6 Å². The van der Waals surface area contributed by atoms with Crippen LogP contribution in [0.3, 0.4) is 0 Å². The maximum absolute atomic E-state index is 11.1. The van der Waals surface area contributed by atoms with E-state index in [1.165, 1.54) is 0 Å². The maximum Gasteiger partial charge on any atom is 0.234 e. The lowest BCUT2D eigenvalue weighted by Crippen LogP contribution is -2.42. The van der Waals surface area contributed by atoms with Crippen molar-refractivity contribution < 1.29 is 9.90 Å². The number of amides is 1. The first-order valence-electron chi connectivity index (χ1n) is 4.73. The van der Waals surface area contributed by atoms with Crippen LogP contribution in [0.2, 0.25) is 0 Å². The molecule has 0 aliphatic carbocycles. The summed E-state index contributed by atoms with van der Waals surface area (Å²) in [4.78, 5) is 11.1. The monoisotopic (exact) mass is 188 g/mol. The third-order valence-electron chi connectivity index (χ3n) is 1.90. The molecule has 2 unspecified atom stereocenters. The third-order valence-corrected chi connectivity index (χ3v) is 1.90. The molecule has 0 bridgehead atoms. The molecule has 0 spiro atoms. The normalized spacial score (nSPS) is 15.1. The van der Waals surface area contributed by atoms with Gasteiger partial charge in [0.05, 0.1) is 13.2 Å². The second-order valence-corrected chi connectivity index (χ2v) is 3.34. The van der Waals surface area contributed by atoms with E-state index in [1.54, 1.807) is 6.92 Å². The molecule has 78 valence electrons. The van der Waals surface area contributed by atoms with Crippen LogP contribution in [0.15, 0.2) is 0 Å². The zero-order chi connectivity index (χ0) is 10.3. The maximum atomic E-state index is 11.1. The lowest BCUT2D eigenvalue weighted by atomic mass is 10.2. The summed E-state index contributed by atoms with van der Waals surface area (Å²) in [6.45, 7) is 6.16. The molecule has 0 aliphatic heterocycles. The topological polar surface area (TPSA) is 61.4 Å². The number of rotatable bonds is 6. The lowest BCUT2D eigenvalue weighted by Gasteiger charge is -2.13. The van der Waals surface area contributed by atoms with Gasteiger partial charge in [-0.15, -0.1) is 0 Å². The van der Waals surface area contributed by atoms with Gasteiger partial charge in [-0.05, 0) is 20.3 Å². The fourth-order valence-corrected chi connectivity index (χ4v) is 0.783. The molecule has 4 heteroatoms. The SMILES string of the molecule is CCC(C)NCC(=O)NC(C)CO. The van der Waals surface area contributed by atoms with Crippen molar-refractivity contribution in [3.05, 3.63) is 0 Å². The summed E-state index contributed by atoms with van der Waals surface area (Å²) in [5, 5.41) is 14.4. The largest absolute Gasteiger partial charge is 0.394 e. The average molecular weight is 188 g/mol. The van der Waals surface area contributed by atoms with Crippen LogP contribution in [0.25, 0.3) is 0 Å². The minimum absolute atomic E-state index is 0.0188. The van der Waals surface area contributed by atoms with Crippen LogP contribution in [-0.2, 0) is 4.79 Å². The number of aliphatic hydroxyl groups is 1. The van der Waals surface area contributed by atoms with Gasteiger partial charge in [0, 0.05) is 12.1 Å². The lowest BCUT2D eigenvalue weighted by molar-refractivity contribution is -0.121. The molecule has 4 nitrogen and oxygen atoms in total. The molecule has 0 fully saturated rings. The van der Waals surface area contributed by atoms with E-state index in [-0.39, 0.29) is 18.6 Å². The first-order valence-corrected chi connectivity index (χ1v) is 4.73. The van der Waals surface area contributed by atoms with Crippen molar-refractivity contribution in [2.24, 2.45) is 0 Å². The predicted octanol–water partition coefficient (Wildman–Crippen LogP) is -0.128.